The first-order valence-corrected chi connectivity index (χ1v) is 14.2. The molecule has 0 N–H and O–H groups in total. The zero-order chi connectivity index (χ0) is 27.6. The highest BCUT2D eigenvalue weighted by molar-refractivity contribution is 6.21. The molecule has 4 heteroatoms. The van der Waals surface area contributed by atoms with Gasteiger partial charge in [-0.15, -0.1) is 0 Å². The van der Waals surface area contributed by atoms with E-state index >= 15 is 0 Å². The van der Waals surface area contributed by atoms with Crippen molar-refractivity contribution in [1.82, 2.24) is 19.1 Å². The summed E-state index contributed by atoms with van der Waals surface area (Å²) in [4.78, 5) is 10.4. The van der Waals surface area contributed by atoms with Crippen molar-refractivity contribution >= 4 is 54.4 Å². The van der Waals surface area contributed by atoms with Gasteiger partial charge >= 0.3 is 0 Å². The predicted molar refractivity (Wildman–Crippen MR) is 174 cm³/mol. The van der Waals surface area contributed by atoms with Gasteiger partial charge in [-0.05, 0) is 59.3 Å². The minimum Gasteiger partial charge on any atom is -0.317 e. The third kappa shape index (κ3) is 3.36. The molecule has 0 bridgehead atoms. The van der Waals surface area contributed by atoms with Gasteiger partial charge in [-0.1, -0.05) is 91.0 Å². The molecule has 0 spiro atoms. The maximum absolute atomic E-state index is 5.30. The van der Waals surface area contributed by atoms with Gasteiger partial charge in [0.1, 0.15) is 0 Å². The molecule has 9 rings (SSSR count). The number of fused-ring (bicyclic) bond motifs is 7. The Hall–Kier alpha value is -5.74. The lowest BCUT2D eigenvalue weighted by molar-refractivity contribution is 1.01. The van der Waals surface area contributed by atoms with E-state index in [1.165, 1.54) is 32.4 Å². The second kappa shape index (κ2) is 8.88. The molecule has 3 heterocycles. The lowest BCUT2D eigenvalue weighted by atomic mass is 10.0. The molecule has 0 unspecified atom stereocenters. The first-order valence-electron chi connectivity index (χ1n) is 14.2. The Morgan fingerprint density at radius 1 is 0.476 bits per heavy atom. The molecule has 0 aliphatic heterocycles. The first kappa shape index (κ1) is 23.0. The van der Waals surface area contributed by atoms with Crippen LogP contribution in [0.2, 0.25) is 0 Å². The zero-order valence-electron chi connectivity index (χ0n) is 22.6. The average Bonchev–Trinajstić information content (AvgIpc) is 3.64. The highest BCUT2D eigenvalue weighted by atomic mass is 15.2. The van der Waals surface area contributed by atoms with Gasteiger partial charge in [0.15, 0.2) is 0 Å². The molecule has 42 heavy (non-hydrogen) atoms. The Labute approximate surface area is 241 Å². The summed E-state index contributed by atoms with van der Waals surface area (Å²) >= 11 is 0. The first-order chi connectivity index (χ1) is 20.8. The number of nitrogens with zero attached hydrogens (tertiary/aromatic N) is 4. The quantitative estimate of drug-likeness (QED) is 0.225. The molecule has 0 aliphatic carbocycles. The maximum atomic E-state index is 5.30. The molecule has 0 aliphatic rings. The Morgan fingerprint density at radius 2 is 1.19 bits per heavy atom. The molecule has 9 aromatic rings. The van der Waals surface area contributed by atoms with E-state index < -0.39 is 0 Å². The van der Waals surface area contributed by atoms with Crippen molar-refractivity contribution in [2.24, 2.45) is 0 Å². The largest absolute Gasteiger partial charge is 0.317 e. The smallest absolute Gasteiger partial charge is 0.235 e. The van der Waals surface area contributed by atoms with Crippen LogP contribution >= 0.6 is 0 Å². The summed E-state index contributed by atoms with van der Waals surface area (Å²) < 4.78 is 4.48. The fraction of sp³-hybridized carbons (Fsp3) is 0. The topological polar surface area (TPSA) is 35.6 Å². The minimum absolute atomic E-state index is 0.671. The number of aromatic nitrogens is 4. The second-order valence-electron chi connectivity index (χ2n) is 10.7. The van der Waals surface area contributed by atoms with Gasteiger partial charge < -0.3 is 4.57 Å². The van der Waals surface area contributed by atoms with Crippen LogP contribution in [0.3, 0.4) is 0 Å². The van der Waals surface area contributed by atoms with Crippen LogP contribution in [-0.4, -0.2) is 19.1 Å². The summed E-state index contributed by atoms with van der Waals surface area (Å²) in [5.74, 6) is 0.671. The van der Waals surface area contributed by atoms with Crippen LogP contribution in [0.4, 0.5) is 0 Å². The van der Waals surface area contributed by atoms with Crippen molar-refractivity contribution in [1.29, 1.82) is 0 Å². The SMILES string of the molecule is c1ccc(-n2ccc3c4c5ccccc5n(-c5nc(-c6ccc7ccccc7c6)c6ccccc6n5)c4ccc32)cc1. The van der Waals surface area contributed by atoms with Crippen LogP contribution in [0.1, 0.15) is 0 Å². The van der Waals surface area contributed by atoms with E-state index in [1.807, 2.05) is 6.07 Å². The van der Waals surface area contributed by atoms with Crippen LogP contribution in [0, 0.1) is 0 Å². The molecule has 0 saturated carbocycles. The van der Waals surface area contributed by atoms with Crippen LogP contribution in [0.25, 0.3) is 77.3 Å². The van der Waals surface area contributed by atoms with Crippen molar-refractivity contribution in [2.75, 3.05) is 0 Å². The number of benzene rings is 6. The fourth-order valence-corrected chi connectivity index (χ4v) is 6.43. The van der Waals surface area contributed by atoms with Crippen molar-refractivity contribution < 1.29 is 0 Å². The zero-order valence-corrected chi connectivity index (χ0v) is 22.6. The fourth-order valence-electron chi connectivity index (χ4n) is 6.43. The van der Waals surface area contributed by atoms with E-state index in [-0.39, 0.29) is 0 Å². The normalized spacial score (nSPS) is 11.8. The molecule has 4 nitrogen and oxygen atoms in total. The van der Waals surface area contributed by atoms with Gasteiger partial charge in [-0.2, -0.15) is 0 Å². The highest BCUT2D eigenvalue weighted by Crippen LogP contribution is 2.38. The van der Waals surface area contributed by atoms with Gasteiger partial charge in [0.05, 0.1) is 27.8 Å². The van der Waals surface area contributed by atoms with E-state index in [0.717, 1.165) is 38.9 Å². The minimum atomic E-state index is 0.671. The average molecular weight is 537 g/mol. The maximum Gasteiger partial charge on any atom is 0.235 e. The van der Waals surface area contributed by atoms with Crippen LogP contribution in [0.5, 0.6) is 0 Å². The molecular weight excluding hydrogens is 512 g/mol. The van der Waals surface area contributed by atoms with E-state index in [2.05, 4.69) is 149 Å². The summed E-state index contributed by atoms with van der Waals surface area (Å²) in [6.07, 6.45) is 2.16. The summed E-state index contributed by atoms with van der Waals surface area (Å²) in [5.41, 5.74) is 7.44. The van der Waals surface area contributed by atoms with Gasteiger partial charge in [-0.25, -0.2) is 9.97 Å². The van der Waals surface area contributed by atoms with Gasteiger partial charge in [-0.3, -0.25) is 4.57 Å². The predicted octanol–water partition coefficient (Wildman–Crippen LogP) is 9.49. The summed E-state index contributed by atoms with van der Waals surface area (Å²) in [5, 5.41) is 7.06. The summed E-state index contributed by atoms with van der Waals surface area (Å²) in [6.45, 7) is 0. The summed E-state index contributed by atoms with van der Waals surface area (Å²) in [7, 11) is 0. The third-order valence-electron chi connectivity index (χ3n) is 8.35. The van der Waals surface area contributed by atoms with Gasteiger partial charge in [0.25, 0.3) is 0 Å². The van der Waals surface area contributed by atoms with E-state index in [0.29, 0.717) is 5.95 Å². The molecule has 6 aromatic carbocycles. The van der Waals surface area contributed by atoms with Crippen molar-refractivity contribution in [3.63, 3.8) is 0 Å². The number of para-hydroxylation sites is 3. The van der Waals surface area contributed by atoms with Crippen LogP contribution < -0.4 is 0 Å². The van der Waals surface area contributed by atoms with Crippen molar-refractivity contribution in [3.8, 4) is 22.9 Å². The Bertz CT molecular complexity index is 2470. The molecular formula is C38H24N4. The third-order valence-corrected chi connectivity index (χ3v) is 8.35. The van der Waals surface area contributed by atoms with Crippen molar-refractivity contribution in [3.05, 3.63) is 146 Å². The Kier molecular flexibility index (Phi) is 4.87. The molecule has 0 fully saturated rings. The van der Waals surface area contributed by atoms with Gasteiger partial charge in [0.2, 0.25) is 5.95 Å². The number of hydrogen-bond acceptors (Lipinski definition) is 2. The molecule has 196 valence electrons. The lowest BCUT2D eigenvalue weighted by Crippen LogP contribution is -2.03. The standard InChI is InChI=1S/C38H24N4/c1-2-12-28(13-3-1)41-23-22-31-33(41)20-21-35-36(31)30-15-7-9-17-34(30)42(35)38-39-32-16-8-6-14-29(32)37(40-38)27-19-18-25-10-4-5-11-26(25)24-27/h1-24H. The number of hydrogen-bond donors (Lipinski definition) is 0. The van der Waals surface area contributed by atoms with E-state index in [1.54, 1.807) is 0 Å². The number of rotatable bonds is 3. The lowest BCUT2D eigenvalue weighted by Gasteiger charge is -2.12. The second-order valence-corrected chi connectivity index (χ2v) is 10.7. The van der Waals surface area contributed by atoms with Gasteiger partial charge in [0, 0.05) is 39.0 Å². The van der Waals surface area contributed by atoms with E-state index in [4.69, 9.17) is 9.97 Å². The molecule has 0 radical (unpaired) electrons. The summed E-state index contributed by atoms with van der Waals surface area (Å²) in [6, 6.07) is 49.1. The van der Waals surface area contributed by atoms with E-state index in [9.17, 15) is 0 Å². The highest BCUT2D eigenvalue weighted by Gasteiger charge is 2.19. The van der Waals surface area contributed by atoms with Crippen molar-refractivity contribution in [2.45, 2.75) is 0 Å². The monoisotopic (exact) mass is 536 g/mol. The molecule has 0 atom stereocenters. The molecule has 0 saturated heterocycles. The van der Waals surface area contributed by atoms with Crippen LogP contribution in [-0.2, 0) is 0 Å². The van der Waals surface area contributed by atoms with Crippen LogP contribution in [0.15, 0.2) is 146 Å². The molecule has 3 aromatic heterocycles. The molecule has 0 amide bonds. The Balaban J connectivity index is 1.35. The Morgan fingerprint density at radius 3 is 2.10 bits per heavy atom.